The summed E-state index contributed by atoms with van der Waals surface area (Å²) < 4.78 is 0. The summed E-state index contributed by atoms with van der Waals surface area (Å²) in [5.74, 6) is -0.814. The van der Waals surface area contributed by atoms with Crippen LogP contribution in [-0.2, 0) is 22.7 Å². The number of fused-ring (bicyclic) bond motifs is 1. The van der Waals surface area contributed by atoms with Gasteiger partial charge in [0.05, 0.1) is 0 Å². The first-order valence-corrected chi connectivity index (χ1v) is 8.96. The second-order valence-electron chi connectivity index (χ2n) is 7.78. The molecule has 1 aromatic rings. The van der Waals surface area contributed by atoms with E-state index in [2.05, 4.69) is 10.6 Å². The number of rotatable bonds is 5. The highest BCUT2D eigenvalue weighted by molar-refractivity contribution is 6.05. The van der Waals surface area contributed by atoms with E-state index in [1.54, 1.807) is 4.90 Å². The Bertz CT molecular complexity index is 754. The van der Waals surface area contributed by atoms with E-state index in [4.69, 9.17) is 5.73 Å². The van der Waals surface area contributed by atoms with Crippen molar-refractivity contribution in [2.45, 2.75) is 64.3 Å². The molecular weight excluding hydrogens is 332 g/mol. The average Bonchev–Trinajstić information content (AvgIpc) is 2.89. The molecule has 0 aliphatic carbocycles. The minimum atomic E-state index is -0.588. The fraction of sp³-hybridized carbons (Fsp3) is 0.526. The van der Waals surface area contributed by atoms with E-state index in [-0.39, 0.29) is 35.7 Å². The summed E-state index contributed by atoms with van der Waals surface area (Å²) in [6.07, 6.45) is 0.629. The van der Waals surface area contributed by atoms with Crippen LogP contribution in [0.1, 0.15) is 55.1 Å². The lowest BCUT2D eigenvalue weighted by Crippen LogP contribution is -2.52. The van der Waals surface area contributed by atoms with Gasteiger partial charge in [0.1, 0.15) is 6.04 Å². The van der Waals surface area contributed by atoms with Crippen molar-refractivity contribution in [1.82, 2.24) is 15.5 Å². The Hall–Kier alpha value is -2.25. The van der Waals surface area contributed by atoms with E-state index in [9.17, 15) is 14.4 Å². The maximum atomic E-state index is 13.0. The number of carbonyl (C=O) groups is 3. The van der Waals surface area contributed by atoms with Crippen molar-refractivity contribution < 1.29 is 14.4 Å². The normalized spacial score (nSPS) is 21.6. The smallest absolute Gasteiger partial charge is 0.255 e. The Morgan fingerprint density at radius 3 is 2.73 bits per heavy atom. The third kappa shape index (κ3) is 3.50. The van der Waals surface area contributed by atoms with E-state index in [0.29, 0.717) is 25.1 Å². The van der Waals surface area contributed by atoms with Crippen LogP contribution in [0.3, 0.4) is 0 Å². The largest absolute Gasteiger partial charge is 0.324 e. The summed E-state index contributed by atoms with van der Waals surface area (Å²) in [6, 6.07) is 5.25. The molecule has 2 unspecified atom stereocenters. The highest BCUT2D eigenvalue weighted by atomic mass is 16.2. The van der Waals surface area contributed by atoms with Crippen LogP contribution in [0.15, 0.2) is 18.2 Å². The summed E-state index contributed by atoms with van der Waals surface area (Å²) >= 11 is 0. The van der Waals surface area contributed by atoms with Gasteiger partial charge in [0.15, 0.2) is 0 Å². The van der Waals surface area contributed by atoms with Crippen molar-refractivity contribution in [2.24, 2.45) is 5.73 Å². The molecule has 3 rings (SSSR count). The molecule has 3 amide bonds. The number of hydrogen-bond acceptors (Lipinski definition) is 5. The van der Waals surface area contributed by atoms with Gasteiger partial charge in [0.2, 0.25) is 11.8 Å². The molecular formula is C19H26N4O3. The van der Waals surface area contributed by atoms with Crippen LogP contribution >= 0.6 is 0 Å². The molecule has 2 aliphatic heterocycles. The SMILES string of the molecule is CC(NCc1cccc2c1C(=O)N(C1CCC(=O)NC1=O)C2)C(C)(C)N. The molecule has 4 N–H and O–H groups in total. The first kappa shape index (κ1) is 18.5. The summed E-state index contributed by atoms with van der Waals surface area (Å²) in [6.45, 7) is 6.85. The maximum Gasteiger partial charge on any atom is 0.255 e. The number of nitrogens with zero attached hydrogens (tertiary/aromatic N) is 1. The average molecular weight is 358 g/mol. The fourth-order valence-corrected chi connectivity index (χ4v) is 3.36. The molecule has 1 fully saturated rings. The van der Waals surface area contributed by atoms with E-state index in [1.807, 2.05) is 39.0 Å². The molecule has 7 heteroatoms. The van der Waals surface area contributed by atoms with Crippen molar-refractivity contribution in [3.63, 3.8) is 0 Å². The van der Waals surface area contributed by atoms with Crippen molar-refractivity contribution in [2.75, 3.05) is 0 Å². The number of carbonyl (C=O) groups excluding carboxylic acids is 3. The van der Waals surface area contributed by atoms with Crippen molar-refractivity contribution in [1.29, 1.82) is 0 Å². The lowest BCUT2D eigenvalue weighted by molar-refractivity contribution is -0.136. The molecule has 0 bridgehead atoms. The zero-order valence-electron chi connectivity index (χ0n) is 15.5. The Morgan fingerprint density at radius 1 is 1.35 bits per heavy atom. The van der Waals surface area contributed by atoms with Crippen LogP contribution in [0.2, 0.25) is 0 Å². The van der Waals surface area contributed by atoms with Gasteiger partial charge in [-0.15, -0.1) is 0 Å². The van der Waals surface area contributed by atoms with Crippen molar-refractivity contribution in [3.05, 3.63) is 34.9 Å². The summed E-state index contributed by atoms with van der Waals surface area (Å²) in [4.78, 5) is 38.1. The summed E-state index contributed by atoms with van der Waals surface area (Å²) in [5.41, 5.74) is 8.22. The Labute approximate surface area is 153 Å². The molecule has 2 heterocycles. The van der Waals surface area contributed by atoms with Crippen LogP contribution in [0.4, 0.5) is 0 Å². The fourth-order valence-electron chi connectivity index (χ4n) is 3.36. The maximum absolute atomic E-state index is 13.0. The zero-order chi connectivity index (χ0) is 19.1. The number of hydrogen-bond donors (Lipinski definition) is 3. The molecule has 1 saturated heterocycles. The Balaban J connectivity index is 1.78. The molecule has 2 aliphatic rings. The lowest BCUT2D eigenvalue weighted by atomic mass is 9.96. The minimum absolute atomic E-state index is 0.0705. The second-order valence-corrected chi connectivity index (χ2v) is 7.78. The number of amides is 3. The Kier molecular flexibility index (Phi) is 4.86. The Morgan fingerprint density at radius 2 is 2.08 bits per heavy atom. The van der Waals surface area contributed by atoms with E-state index in [1.165, 1.54) is 0 Å². The highest BCUT2D eigenvalue weighted by Gasteiger charge is 2.39. The molecule has 0 spiro atoms. The molecule has 26 heavy (non-hydrogen) atoms. The molecule has 0 saturated carbocycles. The molecule has 140 valence electrons. The molecule has 7 nitrogen and oxygen atoms in total. The van der Waals surface area contributed by atoms with Gasteiger partial charge < -0.3 is 16.0 Å². The number of piperidine rings is 1. The number of nitrogens with one attached hydrogen (secondary N) is 2. The molecule has 0 aromatic heterocycles. The predicted octanol–water partition coefficient (Wildman–Crippen LogP) is 0.663. The third-order valence-corrected chi connectivity index (χ3v) is 5.35. The summed E-state index contributed by atoms with van der Waals surface area (Å²) in [7, 11) is 0. The van der Waals surface area contributed by atoms with Crippen LogP contribution in [0.5, 0.6) is 0 Å². The van der Waals surface area contributed by atoms with Gasteiger partial charge in [-0.3, -0.25) is 19.7 Å². The number of nitrogens with two attached hydrogens (primary N) is 1. The van der Waals surface area contributed by atoms with E-state index < -0.39 is 6.04 Å². The van der Waals surface area contributed by atoms with Gasteiger partial charge >= 0.3 is 0 Å². The van der Waals surface area contributed by atoms with Crippen LogP contribution in [0, 0.1) is 0 Å². The second kappa shape index (κ2) is 6.81. The van der Waals surface area contributed by atoms with E-state index in [0.717, 1.165) is 11.1 Å². The van der Waals surface area contributed by atoms with Gasteiger partial charge in [0, 0.05) is 36.7 Å². The number of benzene rings is 1. The summed E-state index contributed by atoms with van der Waals surface area (Å²) in [5, 5.41) is 5.71. The molecule has 0 radical (unpaired) electrons. The predicted molar refractivity (Wildman–Crippen MR) is 97.1 cm³/mol. The minimum Gasteiger partial charge on any atom is -0.324 e. The monoisotopic (exact) mass is 358 g/mol. The topological polar surface area (TPSA) is 105 Å². The van der Waals surface area contributed by atoms with Crippen molar-refractivity contribution in [3.8, 4) is 0 Å². The standard InChI is InChI=1S/C19H26N4O3/c1-11(19(2,3)20)21-9-12-5-4-6-13-10-23(18(26)16(12)13)14-7-8-15(24)22-17(14)25/h4-6,11,14,21H,7-10,20H2,1-3H3,(H,22,24,25). The van der Waals surface area contributed by atoms with Crippen LogP contribution in [0.25, 0.3) is 0 Å². The van der Waals surface area contributed by atoms with Gasteiger partial charge in [-0.2, -0.15) is 0 Å². The van der Waals surface area contributed by atoms with Crippen molar-refractivity contribution >= 4 is 17.7 Å². The van der Waals surface area contributed by atoms with Gasteiger partial charge in [-0.25, -0.2) is 0 Å². The first-order chi connectivity index (χ1) is 12.2. The molecule has 1 aromatic carbocycles. The number of imide groups is 1. The van der Waals surface area contributed by atoms with Gasteiger partial charge in [-0.05, 0) is 38.3 Å². The highest BCUT2D eigenvalue weighted by Crippen LogP contribution is 2.29. The van der Waals surface area contributed by atoms with Gasteiger partial charge in [-0.1, -0.05) is 18.2 Å². The van der Waals surface area contributed by atoms with Gasteiger partial charge in [0.25, 0.3) is 5.91 Å². The van der Waals surface area contributed by atoms with Crippen LogP contribution < -0.4 is 16.4 Å². The quantitative estimate of drug-likeness (QED) is 0.671. The zero-order valence-corrected chi connectivity index (χ0v) is 15.5. The third-order valence-electron chi connectivity index (χ3n) is 5.35. The van der Waals surface area contributed by atoms with Crippen LogP contribution in [-0.4, -0.2) is 40.2 Å². The molecule has 2 atom stereocenters. The lowest BCUT2D eigenvalue weighted by Gasteiger charge is -2.29. The first-order valence-electron chi connectivity index (χ1n) is 8.96. The van der Waals surface area contributed by atoms with E-state index >= 15 is 0 Å².